The molecule has 1 spiro atoms. The van der Waals surface area contributed by atoms with Crippen LogP contribution >= 0.6 is 0 Å². The van der Waals surface area contributed by atoms with Gasteiger partial charge in [-0.2, -0.15) is 12.7 Å². The molecule has 27 heavy (non-hydrogen) atoms. The summed E-state index contributed by atoms with van der Waals surface area (Å²) >= 11 is 0. The van der Waals surface area contributed by atoms with Crippen molar-refractivity contribution in [3.63, 3.8) is 0 Å². The maximum absolute atomic E-state index is 11.9. The van der Waals surface area contributed by atoms with Crippen molar-refractivity contribution in [3.05, 3.63) is 24.5 Å². The van der Waals surface area contributed by atoms with E-state index >= 15 is 0 Å². The van der Waals surface area contributed by atoms with Gasteiger partial charge >= 0.3 is 0 Å². The van der Waals surface area contributed by atoms with Gasteiger partial charge in [0.25, 0.3) is 10.2 Å². The van der Waals surface area contributed by atoms with Gasteiger partial charge in [-0.15, -0.1) is 0 Å². The molecule has 1 saturated heterocycles. The number of ether oxygens (including phenoxy) is 1. The molecule has 2 aliphatic carbocycles. The van der Waals surface area contributed by atoms with Crippen molar-refractivity contribution in [1.29, 1.82) is 0 Å². The molecule has 0 unspecified atom stereocenters. The molecule has 8 nitrogen and oxygen atoms in total. The number of hydrogen-bond donors (Lipinski definition) is 1. The third-order valence-corrected chi connectivity index (χ3v) is 7.26. The van der Waals surface area contributed by atoms with E-state index in [0.717, 1.165) is 61.2 Å². The van der Waals surface area contributed by atoms with Gasteiger partial charge in [-0.1, -0.05) is 0 Å². The van der Waals surface area contributed by atoms with E-state index in [0.29, 0.717) is 0 Å². The van der Waals surface area contributed by atoms with Gasteiger partial charge in [-0.3, -0.25) is 0 Å². The maximum Gasteiger partial charge on any atom is 0.277 e. The molecule has 2 saturated carbocycles. The van der Waals surface area contributed by atoms with E-state index in [1.165, 1.54) is 0 Å². The molecule has 0 bridgehead atoms. The highest BCUT2D eigenvalue weighted by Crippen LogP contribution is 2.53. The Hall–Kier alpha value is -1.97. The van der Waals surface area contributed by atoms with Crippen LogP contribution in [0, 0.1) is 5.41 Å². The Bertz CT molecular complexity index is 993. The zero-order valence-corrected chi connectivity index (χ0v) is 16.0. The van der Waals surface area contributed by atoms with Gasteiger partial charge in [0, 0.05) is 42.0 Å². The van der Waals surface area contributed by atoms with Gasteiger partial charge < -0.3 is 9.64 Å². The lowest BCUT2D eigenvalue weighted by atomic mass is 9.60. The van der Waals surface area contributed by atoms with Crippen molar-refractivity contribution in [2.24, 2.45) is 10.6 Å². The minimum absolute atomic E-state index is 0.0565. The van der Waals surface area contributed by atoms with E-state index in [2.05, 4.69) is 14.9 Å². The first-order valence-electron chi connectivity index (χ1n) is 9.24. The fraction of sp³-hybridized carbons (Fsp3) is 0.556. The Morgan fingerprint density at radius 2 is 1.96 bits per heavy atom. The highest BCUT2D eigenvalue weighted by Gasteiger charge is 2.57. The summed E-state index contributed by atoms with van der Waals surface area (Å²) in [5, 5.41) is 6.45. The van der Waals surface area contributed by atoms with E-state index in [9.17, 15) is 8.42 Å². The average Bonchev–Trinajstić information content (AvgIpc) is 3.38. The summed E-state index contributed by atoms with van der Waals surface area (Å²) in [4.78, 5) is 11.1. The van der Waals surface area contributed by atoms with Crippen LogP contribution in [0.4, 0.5) is 5.82 Å². The second-order valence-electron chi connectivity index (χ2n) is 8.10. The average molecular weight is 389 g/mol. The molecule has 2 N–H and O–H groups in total. The Labute approximate surface area is 158 Å². The molecule has 0 atom stereocenters. The molecule has 144 valence electrons. The summed E-state index contributed by atoms with van der Waals surface area (Å²) in [5.74, 6) is 1.71. The Balaban J connectivity index is 1.30. The molecule has 1 aromatic carbocycles. The minimum atomic E-state index is -3.61. The summed E-state index contributed by atoms with van der Waals surface area (Å²) in [5.41, 5.74) is 1.05. The van der Waals surface area contributed by atoms with E-state index in [-0.39, 0.29) is 17.5 Å². The lowest BCUT2D eigenvalue weighted by Crippen LogP contribution is -2.68. The van der Waals surface area contributed by atoms with Gasteiger partial charge in [-0.05, 0) is 37.8 Å². The third kappa shape index (κ3) is 2.84. The summed E-state index contributed by atoms with van der Waals surface area (Å²) < 4.78 is 30.7. The maximum atomic E-state index is 11.9. The van der Waals surface area contributed by atoms with Crippen LogP contribution in [0.5, 0.6) is 5.75 Å². The standard InChI is InChI=1S/C18H23N5O3S/c1-26-14-4-5-15-16(6-14)20-11-21-17(15)22-9-18(10-22)7-13(8-18)23(12-2-3-12)27(19,24)25/h4-6,11-13H,2-3,7-10H2,1H3,(H2,19,24,25). The predicted octanol–water partition coefficient (Wildman–Crippen LogP) is 1.28. The fourth-order valence-corrected chi connectivity index (χ4v) is 5.93. The number of benzene rings is 1. The van der Waals surface area contributed by atoms with E-state index in [1.807, 2.05) is 18.2 Å². The van der Waals surface area contributed by atoms with Crippen LogP contribution < -0.4 is 14.8 Å². The molecule has 2 heterocycles. The number of hydrogen-bond acceptors (Lipinski definition) is 6. The number of rotatable bonds is 5. The van der Waals surface area contributed by atoms with E-state index in [4.69, 9.17) is 9.88 Å². The van der Waals surface area contributed by atoms with Crippen molar-refractivity contribution in [2.75, 3.05) is 25.1 Å². The zero-order chi connectivity index (χ0) is 18.8. The second-order valence-corrected chi connectivity index (χ2v) is 9.56. The molecular formula is C18H23N5O3S. The molecule has 2 aromatic rings. The summed E-state index contributed by atoms with van der Waals surface area (Å²) in [6.45, 7) is 1.79. The van der Waals surface area contributed by atoms with Crippen LogP contribution in [-0.4, -0.2) is 55.0 Å². The van der Waals surface area contributed by atoms with Crippen LogP contribution in [-0.2, 0) is 10.2 Å². The number of methoxy groups -OCH3 is 1. The Morgan fingerprint density at radius 1 is 1.22 bits per heavy atom. The monoisotopic (exact) mass is 389 g/mol. The largest absolute Gasteiger partial charge is 0.497 e. The number of anilines is 1. The number of nitrogens with zero attached hydrogens (tertiary/aromatic N) is 4. The van der Waals surface area contributed by atoms with Gasteiger partial charge in [0.2, 0.25) is 0 Å². The fourth-order valence-electron chi connectivity index (χ4n) is 4.74. The lowest BCUT2D eigenvalue weighted by Gasteiger charge is -2.61. The van der Waals surface area contributed by atoms with Crippen LogP contribution in [0.2, 0.25) is 0 Å². The van der Waals surface area contributed by atoms with Crippen LogP contribution in [0.25, 0.3) is 10.9 Å². The Morgan fingerprint density at radius 3 is 2.59 bits per heavy atom. The SMILES string of the molecule is COc1ccc2c(N3CC4(CC(N(C5CC5)S(N)(=O)=O)C4)C3)ncnc2c1. The van der Waals surface area contributed by atoms with Gasteiger partial charge in [-0.25, -0.2) is 15.1 Å². The summed E-state index contributed by atoms with van der Waals surface area (Å²) in [7, 11) is -1.97. The first-order valence-corrected chi connectivity index (χ1v) is 10.7. The molecule has 3 fully saturated rings. The molecule has 9 heteroatoms. The van der Waals surface area contributed by atoms with E-state index < -0.39 is 10.2 Å². The Kier molecular flexibility index (Phi) is 3.66. The quantitative estimate of drug-likeness (QED) is 0.826. The first-order chi connectivity index (χ1) is 12.9. The normalized spacial score (nSPS) is 22.1. The van der Waals surface area contributed by atoms with Gasteiger partial charge in [0.15, 0.2) is 0 Å². The van der Waals surface area contributed by atoms with Gasteiger partial charge in [0.1, 0.15) is 17.9 Å². The first kappa shape index (κ1) is 17.2. The van der Waals surface area contributed by atoms with Crippen molar-refractivity contribution >= 4 is 26.9 Å². The van der Waals surface area contributed by atoms with Crippen LogP contribution in [0.3, 0.4) is 0 Å². The van der Waals surface area contributed by atoms with Gasteiger partial charge in [0.05, 0.1) is 12.6 Å². The van der Waals surface area contributed by atoms with E-state index in [1.54, 1.807) is 17.7 Å². The second kappa shape index (κ2) is 5.76. The molecule has 1 aromatic heterocycles. The lowest BCUT2D eigenvalue weighted by molar-refractivity contribution is 0.0110. The minimum Gasteiger partial charge on any atom is -0.497 e. The smallest absolute Gasteiger partial charge is 0.277 e. The number of nitrogens with two attached hydrogens (primary N) is 1. The summed E-state index contributed by atoms with van der Waals surface area (Å²) in [6.07, 6.45) is 5.22. The molecular weight excluding hydrogens is 366 g/mol. The molecule has 1 aliphatic heterocycles. The van der Waals surface area contributed by atoms with Crippen molar-refractivity contribution in [3.8, 4) is 5.75 Å². The molecule has 0 radical (unpaired) electrons. The van der Waals surface area contributed by atoms with Crippen molar-refractivity contribution in [2.45, 2.75) is 37.8 Å². The highest BCUT2D eigenvalue weighted by atomic mass is 32.2. The predicted molar refractivity (Wildman–Crippen MR) is 102 cm³/mol. The number of aromatic nitrogens is 2. The number of fused-ring (bicyclic) bond motifs is 1. The molecule has 3 aliphatic rings. The third-order valence-electron chi connectivity index (χ3n) is 6.07. The van der Waals surface area contributed by atoms with Crippen LogP contribution in [0.15, 0.2) is 24.5 Å². The zero-order valence-electron chi connectivity index (χ0n) is 15.2. The highest BCUT2D eigenvalue weighted by molar-refractivity contribution is 7.86. The van der Waals surface area contributed by atoms with Crippen molar-refractivity contribution in [1.82, 2.24) is 14.3 Å². The van der Waals surface area contributed by atoms with Crippen LogP contribution in [0.1, 0.15) is 25.7 Å². The molecule has 0 amide bonds. The van der Waals surface area contributed by atoms with Crippen molar-refractivity contribution < 1.29 is 13.2 Å². The molecule has 5 rings (SSSR count). The topological polar surface area (TPSA) is 102 Å². The summed E-state index contributed by atoms with van der Waals surface area (Å²) in [6, 6.07) is 6.01.